The van der Waals surface area contributed by atoms with Gasteiger partial charge >= 0.3 is 0 Å². The number of aryl methyl sites for hydroxylation is 1. The number of ether oxygens (including phenoxy) is 1. The Morgan fingerprint density at radius 3 is 2.59 bits per heavy atom. The van der Waals surface area contributed by atoms with Crippen LogP contribution in [0.15, 0.2) is 24.3 Å². The molecule has 2 rings (SSSR count). The van der Waals surface area contributed by atoms with Gasteiger partial charge in [-0.15, -0.1) is 0 Å². The second kappa shape index (κ2) is 6.06. The van der Waals surface area contributed by atoms with Crippen molar-refractivity contribution in [3.8, 4) is 5.75 Å². The lowest BCUT2D eigenvalue weighted by Gasteiger charge is -2.17. The van der Waals surface area contributed by atoms with E-state index < -0.39 is 0 Å². The van der Waals surface area contributed by atoms with Gasteiger partial charge < -0.3 is 9.84 Å². The largest absolute Gasteiger partial charge is 0.488 e. The molecule has 0 radical (unpaired) electrons. The molecule has 1 fully saturated rings. The quantitative estimate of drug-likeness (QED) is 0.847. The van der Waals surface area contributed by atoms with Gasteiger partial charge in [0.1, 0.15) is 11.9 Å². The molecule has 0 bridgehead atoms. The van der Waals surface area contributed by atoms with E-state index in [4.69, 9.17) is 4.74 Å². The van der Waals surface area contributed by atoms with Gasteiger partial charge in [0.25, 0.3) is 0 Å². The molecule has 2 nitrogen and oxygen atoms in total. The molecule has 0 spiro atoms. The fourth-order valence-corrected chi connectivity index (χ4v) is 2.33. The molecular formula is C15H22O2. The van der Waals surface area contributed by atoms with Crippen molar-refractivity contribution in [2.24, 2.45) is 0 Å². The molecular weight excluding hydrogens is 212 g/mol. The molecule has 94 valence electrons. The molecule has 0 aromatic heterocycles. The first-order chi connectivity index (χ1) is 8.29. The monoisotopic (exact) mass is 234 g/mol. The lowest BCUT2D eigenvalue weighted by atomic mass is 10.1. The number of benzene rings is 1. The van der Waals surface area contributed by atoms with Crippen molar-refractivity contribution in [3.05, 3.63) is 29.8 Å². The van der Waals surface area contributed by atoms with Crippen LogP contribution in [0.2, 0.25) is 0 Å². The SMILES string of the molecule is CCCCc1ccc(O[C@@H]2CCC[C@H]2O)cc1. The van der Waals surface area contributed by atoms with Crippen molar-refractivity contribution < 1.29 is 9.84 Å². The van der Waals surface area contributed by atoms with Crippen LogP contribution in [0, 0.1) is 0 Å². The highest BCUT2D eigenvalue weighted by Gasteiger charge is 2.26. The first-order valence-electron chi connectivity index (χ1n) is 6.73. The van der Waals surface area contributed by atoms with E-state index in [2.05, 4.69) is 19.1 Å². The van der Waals surface area contributed by atoms with Gasteiger partial charge in [0.2, 0.25) is 0 Å². The molecule has 2 atom stereocenters. The highest BCUT2D eigenvalue weighted by Crippen LogP contribution is 2.25. The van der Waals surface area contributed by atoms with Crippen LogP contribution in [-0.2, 0) is 6.42 Å². The number of hydrogen-bond acceptors (Lipinski definition) is 2. The molecule has 1 N–H and O–H groups in total. The second-order valence-electron chi connectivity index (χ2n) is 4.90. The van der Waals surface area contributed by atoms with E-state index in [1.165, 1.54) is 18.4 Å². The second-order valence-corrected chi connectivity index (χ2v) is 4.90. The smallest absolute Gasteiger partial charge is 0.124 e. The van der Waals surface area contributed by atoms with E-state index in [1.807, 2.05) is 12.1 Å². The molecule has 0 aliphatic heterocycles. The minimum absolute atomic E-state index is 0.00325. The molecule has 1 aliphatic carbocycles. The highest BCUT2D eigenvalue weighted by atomic mass is 16.5. The fraction of sp³-hybridized carbons (Fsp3) is 0.600. The fourth-order valence-electron chi connectivity index (χ4n) is 2.33. The van der Waals surface area contributed by atoms with Crippen molar-refractivity contribution in [2.45, 2.75) is 57.7 Å². The molecule has 0 amide bonds. The van der Waals surface area contributed by atoms with E-state index in [0.29, 0.717) is 0 Å². The minimum atomic E-state index is -0.283. The van der Waals surface area contributed by atoms with Gasteiger partial charge in [-0.25, -0.2) is 0 Å². The molecule has 1 aliphatic rings. The van der Waals surface area contributed by atoms with Crippen LogP contribution in [0.25, 0.3) is 0 Å². The standard InChI is InChI=1S/C15H22O2/c1-2-3-5-12-8-10-13(11-9-12)17-15-7-4-6-14(15)16/h8-11,14-16H,2-7H2,1H3/t14-,15-/m1/s1. The van der Waals surface area contributed by atoms with Crippen molar-refractivity contribution >= 4 is 0 Å². The minimum Gasteiger partial charge on any atom is -0.488 e. The topological polar surface area (TPSA) is 29.5 Å². The maximum atomic E-state index is 9.70. The van der Waals surface area contributed by atoms with Crippen molar-refractivity contribution in [2.75, 3.05) is 0 Å². The molecule has 0 saturated heterocycles. The van der Waals surface area contributed by atoms with Gasteiger partial charge in [-0.2, -0.15) is 0 Å². The van der Waals surface area contributed by atoms with Crippen molar-refractivity contribution in [1.82, 2.24) is 0 Å². The van der Waals surface area contributed by atoms with E-state index in [9.17, 15) is 5.11 Å². The zero-order valence-electron chi connectivity index (χ0n) is 10.6. The Balaban J connectivity index is 1.89. The maximum Gasteiger partial charge on any atom is 0.124 e. The highest BCUT2D eigenvalue weighted by molar-refractivity contribution is 5.27. The molecule has 1 saturated carbocycles. The first-order valence-corrected chi connectivity index (χ1v) is 6.73. The predicted molar refractivity (Wildman–Crippen MR) is 69.3 cm³/mol. The summed E-state index contributed by atoms with van der Waals surface area (Å²) in [5, 5.41) is 9.70. The normalized spacial score (nSPS) is 23.9. The summed E-state index contributed by atoms with van der Waals surface area (Å²) in [4.78, 5) is 0. The van der Waals surface area contributed by atoms with Crippen LogP contribution in [0.3, 0.4) is 0 Å². The predicted octanol–water partition coefficient (Wildman–Crippen LogP) is 3.32. The third-order valence-electron chi connectivity index (χ3n) is 3.45. The summed E-state index contributed by atoms with van der Waals surface area (Å²) in [6.07, 6.45) is 6.24. The van der Waals surface area contributed by atoms with E-state index in [-0.39, 0.29) is 12.2 Å². The van der Waals surface area contributed by atoms with Crippen molar-refractivity contribution in [1.29, 1.82) is 0 Å². The number of unbranched alkanes of at least 4 members (excludes halogenated alkanes) is 1. The van der Waals surface area contributed by atoms with Gasteiger partial charge in [-0.05, 0) is 49.8 Å². The summed E-state index contributed by atoms with van der Waals surface area (Å²) in [7, 11) is 0. The molecule has 2 heteroatoms. The lowest BCUT2D eigenvalue weighted by Crippen LogP contribution is -2.25. The molecule has 0 heterocycles. The Morgan fingerprint density at radius 2 is 2.00 bits per heavy atom. The number of aliphatic hydroxyl groups excluding tert-OH is 1. The summed E-state index contributed by atoms with van der Waals surface area (Å²) in [5.74, 6) is 0.885. The van der Waals surface area contributed by atoms with Gasteiger partial charge in [0.15, 0.2) is 0 Å². The van der Waals surface area contributed by atoms with Crippen LogP contribution in [0.1, 0.15) is 44.6 Å². The number of rotatable bonds is 5. The Morgan fingerprint density at radius 1 is 1.24 bits per heavy atom. The zero-order valence-corrected chi connectivity index (χ0v) is 10.6. The van der Waals surface area contributed by atoms with Gasteiger partial charge in [-0.3, -0.25) is 0 Å². The van der Waals surface area contributed by atoms with Crippen LogP contribution >= 0.6 is 0 Å². The molecule has 0 unspecified atom stereocenters. The summed E-state index contributed by atoms with van der Waals surface area (Å²) < 4.78 is 5.80. The summed E-state index contributed by atoms with van der Waals surface area (Å²) in [6.45, 7) is 2.21. The molecule has 17 heavy (non-hydrogen) atoms. The molecule has 1 aromatic carbocycles. The average molecular weight is 234 g/mol. The Hall–Kier alpha value is -1.02. The maximum absolute atomic E-state index is 9.70. The van der Waals surface area contributed by atoms with E-state index in [1.54, 1.807) is 0 Å². The number of aliphatic hydroxyl groups is 1. The van der Waals surface area contributed by atoms with Crippen LogP contribution < -0.4 is 4.74 Å². The van der Waals surface area contributed by atoms with Crippen LogP contribution in [-0.4, -0.2) is 17.3 Å². The Kier molecular flexibility index (Phi) is 4.43. The zero-order chi connectivity index (χ0) is 12.1. The van der Waals surface area contributed by atoms with Crippen molar-refractivity contribution in [3.63, 3.8) is 0 Å². The summed E-state index contributed by atoms with van der Waals surface area (Å²) in [5.41, 5.74) is 1.37. The van der Waals surface area contributed by atoms with E-state index in [0.717, 1.165) is 31.4 Å². The molecule has 1 aromatic rings. The first kappa shape index (κ1) is 12.4. The van der Waals surface area contributed by atoms with Crippen LogP contribution in [0.4, 0.5) is 0 Å². The van der Waals surface area contributed by atoms with Gasteiger partial charge in [0, 0.05) is 0 Å². The van der Waals surface area contributed by atoms with E-state index >= 15 is 0 Å². The Labute approximate surface area is 104 Å². The van der Waals surface area contributed by atoms with Crippen LogP contribution in [0.5, 0.6) is 5.75 Å². The summed E-state index contributed by atoms with van der Waals surface area (Å²) in [6, 6.07) is 8.31. The summed E-state index contributed by atoms with van der Waals surface area (Å²) >= 11 is 0. The van der Waals surface area contributed by atoms with Gasteiger partial charge in [-0.1, -0.05) is 25.5 Å². The Bertz CT molecular complexity index is 331. The van der Waals surface area contributed by atoms with Gasteiger partial charge in [0.05, 0.1) is 6.10 Å². The lowest BCUT2D eigenvalue weighted by molar-refractivity contribution is 0.0604. The average Bonchev–Trinajstić information content (AvgIpc) is 2.74. The third-order valence-corrected chi connectivity index (χ3v) is 3.45. The number of hydrogen-bond donors (Lipinski definition) is 1. The third kappa shape index (κ3) is 3.47.